The summed E-state index contributed by atoms with van der Waals surface area (Å²) in [6.07, 6.45) is 3.29. The van der Waals surface area contributed by atoms with Crippen molar-refractivity contribution in [2.45, 2.75) is 27.3 Å². The summed E-state index contributed by atoms with van der Waals surface area (Å²) in [5.41, 5.74) is 4.75. The van der Waals surface area contributed by atoms with E-state index in [0.29, 0.717) is 0 Å². The molecule has 0 atom stereocenters. The van der Waals surface area contributed by atoms with Crippen molar-refractivity contribution in [2.75, 3.05) is 32.7 Å². The Kier molecular flexibility index (Phi) is 5.09. The quantitative estimate of drug-likeness (QED) is 0.696. The summed E-state index contributed by atoms with van der Waals surface area (Å²) in [6, 6.07) is 6.14. The van der Waals surface area contributed by atoms with Crippen molar-refractivity contribution in [1.82, 2.24) is 29.5 Å². The number of piperazine rings is 1. The SMILES string of the molecule is Cc1ccc2nc(C)c(C)c(C(=O)N3CCN(CCn4cncn4)CC3)c2c1. The zero-order valence-electron chi connectivity index (χ0n) is 16.7. The number of carbonyl (C=O) groups excluding carboxylic acids is 1. The minimum Gasteiger partial charge on any atom is -0.336 e. The van der Waals surface area contributed by atoms with Crippen LogP contribution in [0.3, 0.4) is 0 Å². The Morgan fingerprint density at radius 2 is 1.86 bits per heavy atom. The number of benzene rings is 1. The maximum absolute atomic E-state index is 13.4. The lowest BCUT2D eigenvalue weighted by Crippen LogP contribution is -2.49. The number of nitrogens with zero attached hydrogens (tertiary/aromatic N) is 6. The Balaban J connectivity index is 1.50. The van der Waals surface area contributed by atoms with Crippen LogP contribution in [0.15, 0.2) is 30.9 Å². The summed E-state index contributed by atoms with van der Waals surface area (Å²) in [4.78, 5) is 26.4. The van der Waals surface area contributed by atoms with E-state index in [-0.39, 0.29) is 5.91 Å². The normalized spacial score (nSPS) is 15.3. The predicted octanol–water partition coefficient (Wildman–Crippen LogP) is 2.21. The maximum atomic E-state index is 13.4. The second-order valence-electron chi connectivity index (χ2n) is 7.51. The van der Waals surface area contributed by atoms with Crippen LogP contribution >= 0.6 is 0 Å². The van der Waals surface area contributed by atoms with Gasteiger partial charge >= 0.3 is 0 Å². The number of aryl methyl sites for hydroxylation is 2. The smallest absolute Gasteiger partial charge is 0.254 e. The molecule has 0 spiro atoms. The first-order valence-corrected chi connectivity index (χ1v) is 9.74. The monoisotopic (exact) mass is 378 g/mol. The molecule has 0 N–H and O–H groups in total. The highest BCUT2D eigenvalue weighted by molar-refractivity contribution is 6.07. The molecule has 28 heavy (non-hydrogen) atoms. The second kappa shape index (κ2) is 7.67. The lowest BCUT2D eigenvalue weighted by molar-refractivity contribution is 0.0633. The van der Waals surface area contributed by atoms with Crippen LogP contribution in [0.1, 0.15) is 27.2 Å². The van der Waals surface area contributed by atoms with Gasteiger partial charge in [0, 0.05) is 43.8 Å². The lowest BCUT2D eigenvalue weighted by Gasteiger charge is -2.35. The van der Waals surface area contributed by atoms with Crippen LogP contribution in [0, 0.1) is 20.8 Å². The van der Waals surface area contributed by atoms with Gasteiger partial charge in [0.1, 0.15) is 12.7 Å². The van der Waals surface area contributed by atoms with Crippen LogP contribution in [-0.4, -0.2) is 68.2 Å². The molecule has 7 heteroatoms. The van der Waals surface area contributed by atoms with E-state index in [4.69, 9.17) is 0 Å². The van der Waals surface area contributed by atoms with Gasteiger partial charge in [0.15, 0.2) is 0 Å². The molecule has 0 unspecified atom stereocenters. The van der Waals surface area contributed by atoms with Crippen molar-refractivity contribution in [3.8, 4) is 0 Å². The summed E-state index contributed by atoms with van der Waals surface area (Å²) < 4.78 is 1.84. The van der Waals surface area contributed by atoms with E-state index in [1.165, 1.54) is 0 Å². The third-order valence-corrected chi connectivity index (χ3v) is 5.61. The number of hydrogen-bond acceptors (Lipinski definition) is 5. The molecule has 1 aliphatic heterocycles. The molecule has 2 aromatic heterocycles. The standard InChI is InChI=1S/C21H26N6O/c1-15-4-5-19-18(12-15)20(16(2)17(3)24-19)21(28)26-9-6-25(7-10-26)8-11-27-14-22-13-23-27/h4-5,12-14H,6-11H2,1-3H3. The third-order valence-electron chi connectivity index (χ3n) is 5.61. The van der Waals surface area contributed by atoms with Crippen molar-refractivity contribution < 1.29 is 4.79 Å². The molecule has 1 aliphatic rings. The van der Waals surface area contributed by atoms with E-state index < -0.39 is 0 Å². The summed E-state index contributed by atoms with van der Waals surface area (Å²) in [5.74, 6) is 0.120. The Hall–Kier alpha value is -2.80. The molecule has 0 radical (unpaired) electrons. The van der Waals surface area contributed by atoms with Gasteiger partial charge in [-0.05, 0) is 38.5 Å². The summed E-state index contributed by atoms with van der Waals surface area (Å²) in [5, 5.41) is 5.11. The highest BCUT2D eigenvalue weighted by atomic mass is 16.2. The highest BCUT2D eigenvalue weighted by Crippen LogP contribution is 2.25. The number of pyridine rings is 1. The lowest BCUT2D eigenvalue weighted by atomic mass is 9.99. The molecule has 146 valence electrons. The first kappa shape index (κ1) is 18.6. The van der Waals surface area contributed by atoms with Crippen molar-refractivity contribution >= 4 is 16.8 Å². The van der Waals surface area contributed by atoms with Gasteiger partial charge in [-0.2, -0.15) is 5.10 Å². The Bertz CT molecular complexity index is 990. The number of rotatable bonds is 4. The topological polar surface area (TPSA) is 67.2 Å². The fourth-order valence-electron chi connectivity index (χ4n) is 3.80. The van der Waals surface area contributed by atoms with E-state index in [0.717, 1.165) is 72.6 Å². The Labute approximate surface area is 165 Å². The zero-order chi connectivity index (χ0) is 19.7. The van der Waals surface area contributed by atoms with Gasteiger partial charge in [0.05, 0.1) is 17.6 Å². The average Bonchev–Trinajstić information content (AvgIpc) is 3.21. The van der Waals surface area contributed by atoms with E-state index in [1.54, 1.807) is 12.7 Å². The van der Waals surface area contributed by atoms with Gasteiger partial charge in [-0.25, -0.2) is 4.98 Å². The van der Waals surface area contributed by atoms with Crippen LogP contribution in [0.4, 0.5) is 0 Å². The Morgan fingerprint density at radius 1 is 1.07 bits per heavy atom. The number of carbonyl (C=O) groups is 1. The highest BCUT2D eigenvalue weighted by Gasteiger charge is 2.25. The number of fused-ring (bicyclic) bond motifs is 1. The number of hydrogen-bond donors (Lipinski definition) is 0. The molecule has 1 saturated heterocycles. The fraction of sp³-hybridized carbons (Fsp3) is 0.429. The van der Waals surface area contributed by atoms with Gasteiger partial charge in [0.2, 0.25) is 0 Å². The molecule has 0 aliphatic carbocycles. The van der Waals surface area contributed by atoms with Crippen molar-refractivity contribution in [3.05, 3.63) is 53.2 Å². The van der Waals surface area contributed by atoms with Gasteiger partial charge in [-0.1, -0.05) is 11.6 Å². The predicted molar refractivity (Wildman–Crippen MR) is 108 cm³/mol. The van der Waals surface area contributed by atoms with Gasteiger partial charge in [0.25, 0.3) is 5.91 Å². The number of aromatic nitrogens is 4. The largest absolute Gasteiger partial charge is 0.336 e. The average molecular weight is 378 g/mol. The van der Waals surface area contributed by atoms with E-state index >= 15 is 0 Å². The maximum Gasteiger partial charge on any atom is 0.254 e. The second-order valence-corrected chi connectivity index (χ2v) is 7.51. The molecule has 3 heterocycles. The fourth-order valence-corrected chi connectivity index (χ4v) is 3.80. The molecule has 3 aromatic rings. The molecule has 0 saturated carbocycles. The van der Waals surface area contributed by atoms with Crippen LogP contribution in [0.5, 0.6) is 0 Å². The molecule has 1 fully saturated rings. The van der Waals surface area contributed by atoms with Crippen molar-refractivity contribution in [2.24, 2.45) is 0 Å². The minimum atomic E-state index is 0.120. The van der Waals surface area contributed by atoms with Gasteiger partial charge in [-0.3, -0.25) is 19.4 Å². The summed E-state index contributed by atoms with van der Waals surface area (Å²) >= 11 is 0. The molecular weight excluding hydrogens is 352 g/mol. The van der Waals surface area contributed by atoms with Gasteiger partial charge in [-0.15, -0.1) is 0 Å². The molecule has 1 amide bonds. The molecule has 7 nitrogen and oxygen atoms in total. The first-order chi connectivity index (χ1) is 13.5. The third kappa shape index (κ3) is 3.62. The molecular formula is C21H26N6O. The van der Waals surface area contributed by atoms with E-state index in [9.17, 15) is 4.79 Å². The van der Waals surface area contributed by atoms with Gasteiger partial charge < -0.3 is 4.90 Å². The van der Waals surface area contributed by atoms with Crippen LogP contribution in [0.2, 0.25) is 0 Å². The molecule has 1 aromatic carbocycles. The van der Waals surface area contributed by atoms with E-state index in [1.807, 2.05) is 35.6 Å². The van der Waals surface area contributed by atoms with Crippen LogP contribution in [-0.2, 0) is 6.54 Å². The minimum absolute atomic E-state index is 0.120. The van der Waals surface area contributed by atoms with Crippen molar-refractivity contribution in [1.29, 1.82) is 0 Å². The molecule has 0 bridgehead atoms. The van der Waals surface area contributed by atoms with Crippen LogP contribution < -0.4 is 0 Å². The van der Waals surface area contributed by atoms with E-state index in [2.05, 4.69) is 33.0 Å². The Morgan fingerprint density at radius 3 is 2.57 bits per heavy atom. The summed E-state index contributed by atoms with van der Waals surface area (Å²) in [7, 11) is 0. The van der Waals surface area contributed by atoms with Crippen molar-refractivity contribution in [3.63, 3.8) is 0 Å². The molecule has 4 rings (SSSR count). The number of amides is 1. The van der Waals surface area contributed by atoms with Crippen LogP contribution in [0.25, 0.3) is 10.9 Å². The summed E-state index contributed by atoms with van der Waals surface area (Å²) in [6.45, 7) is 11.0. The first-order valence-electron chi connectivity index (χ1n) is 9.74. The zero-order valence-corrected chi connectivity index (χ0v) is 16.7.